The maximum atomic E-state index is 6.73. The van der Waals surface area contributed by atoms with E-state index in [0.29, 0.717) is 11.3 Å². The summed E-state index contributed by atoms with van der Waals surface area (Å²) in [5, 5.41) is 2.95. The van der Waals surface area contributed by atoms with Crippen LogP contribution in [0.5, 0.6) is 0 Å². The monoisotopic (exact) mass is 300 g/mol. The van der Waals surface area contributed by atoms with Crippen LogP contribution in [0, 0.1) is 11.8 Å². The summed E-state index contributed by atoms with van der Waals surface area (Å²) in [7, 11) is 0. The fourth-order valence-electron chi connectivity index (χ4n) is 3.93. The first kappa shape index (κ1) is 14.9. The molecule has 1 fully saturated rings. The fourth-order valence-corrected chi connectivity index (χ4v) is 4.67. The molecule has 0 N–H and O–H groups in total. The summed E-state index contributed by atoms with van der Waals surface area (Å²) in [6, 6.07) is 15.5. The van der Waals surface area contributed by atoms with E-state index in [0.717, 1.165) is 12.3 Å². The Hall–Kier alpha value is -1.01. The van der Waals surface area contributed by atoms with Crippen molar-refractivity contribution in [3.63, 3.8) is 0 Å². The van der Waals surface area contributed by atoms with Crippen molar-refractivity contribution in [2.24, 2.45) is 11.8 Å². The molecule has 3 unspecified atom stereocenters. The number of hydrogen-bond donors (Lipinski definition) is 0. The van der Waals surface area contributed by atoms with Gasteiger partial charge in [0.15, 0.2) is 0 Å². The molecule has 1 aliphatic rings. The molecule has 2 aromatic rings. The smallest absolute Gasteiger partial charge is 0.0375 e. The fraction of sp³-hybridized carbons (Fsp3) is 0.500. The third kappa shape index (κ3) is 2.83. The van der Waals surface area contributed by atoms with Crippen molar-refractivity contribution in [2.45, 2.75) is 50.8 Å². The minimum Gasteiger partial charge on any atom is -0.123 e. The zero-order valence-electron chi connectivity index (χ0n) is 13.3. The van der Waals surface area contributed by atoms with Gasteiger partial charge in [-0.3, -0.25) is 0 Å². The Labute approximate surface area is 133 Å². The van der Waals surface area contributed by atoms with Gasteiger partial charge in [0.2, 0.25) is 0 Å². The summed E-state index contributed by atoms with van der Waals surface area (Å²) in [6.07, 6.45) is 3.71. The second-order valence-corrected chi connectivity index (χ2v) is 7.88. The molecule has 0 heterocycles. The van der Waals surface area contributed by atoms with Crippen LogP contribution in [-0.4, -0.2) is 5.38 Å². The highest BCUT2D eigenvalue weighted by Gasteiger charge is 2.39. The maximum absolute atomic E-state index is 6.73. The molecule has 1 saturated carbocycles. The molecule has 21 heavy (non-hydrogen) atoms. The van der Waals surface area contributed by atoms with Crippen LogP contribution in [0.1, 0.15) is 45.6 Å². The van der Waals surface area contributed by atoms with Crippen LogP contribution in [0.3, 0.4) is 0 Å². The predicted octanol–water partition coefficient (Wildman–Crippen LogP) is 6.16. The molecule has 3 atom stereocenters. The number of halogens is 1. The summed E-state index contributed by atoms with van der Waals surface area (Å²) >= 11 is 6.73. The summed E-state index contributed by atoms with van der Waals surface area (Å²) in [4.78, 5) is 0. The van der Waals surface area contributed by atoms with Gasteiger partial charge in [-0.05, 0) is 46.4 Å². The van der Waals surface area contributed by atoms with Gasteiger partial charge in [-0.15, -0.1) is 11.6 Å². The van der Waals surface area contributed by atoms with Crippen LogP contribution in [0.25, 0.3) is 10.8 Å². The topological polar surface area (TPSA) is 0 Å². The molecule has 0 saturated heterocycles. The Morgan fingerprint density at radius 1 is 1.00 bits per heavy atom. The molecule has 0 amide bonds. The number of fused-ring (bicyclic) bond motifs is 1. The lowest BCUT2D eigenvalue weighted by Crippen LogP contribution is -2.38. The van der Waals surface area contributed by atoms with Gasteiger partial charge in [0.05, 0.1) is 0 Å². The van der Waals surface area contributed by atoms with Gasteiger partial charge in [0, 0.05) is 5.38 Å². The molecular weight excluding hydrogens is 276 g/mol. The van der Waals surface area contributed by atoms with Crippen LogP contribution in [0.2, 0.25) is 0 Å². The number of hydrogen-bond acceptors (Lipinski definition) is 0. The van der Waals surface area contributed by atoms with Crippen LogP contribution >= 0.6 is 11.6 Å². The number of rotatable bonds is 2. The highest BCUT2D eigenvalue weighted by molar-refractivity contribution is 6.20. The van der Waals surface area contributed by atoms with Gasteiger partial charge in [-0.1, -0.05) is 69.7 Å². The molecule has 0 bridgehead atoms. The summed E-state index contributed by atoms with van der Waals surface area (Å²) in [6.45, 7) is 7.06. The molecule has 0 aliphatic heterocycles. The first-order valence-corrected chi connectivity index (χ1v) is 8.55. The van der Waals surface area contributed by atoms with E-state index in [-0.39, 0.29) is 5.41 Å². The molecule has 0 spiro atoms. The van der Waals surface area contributed by atoms with Crippen LogP contribution in [0.15, 0.2) is 42.5 Å². The quantitative estimate of drug-likeness (QED) is 0.583. The second-order valence-electron chi connectivity index (χ2n) is 7.32. The summed E-state index contributed by atoms with van der Waals surface area (Å²) < 4.78 is 0. The molecule has 1 heteroatoms. The van der Waals surface area contributed by atoms with Crippen molar-refractivity contribution in [3.05, 3.63) is 48.0 Å². The van der Waals surface area contributed by atoms with Gasteiger partial charge in [-0.25, -0.2) is 0 Å². The summed E-state index contributed by atoms with van der Waals surface area (Å²) in [5.74, 6) is 1.34. The van der Waals surface area contributed by atoms with Gasteiger partial charge in [0.25, 0.3) is 0 Å². The first-order chi connectivity index (χ1) is 9.98. The lowest BCUT2D eigenvalue weighted by Gasteiger charge is -2.42. The Bertz CT molecular complexity index is 629. The van der Waals surface area contributed by atoms with Crippen LogP contribution < -0.4 is 0 Å². The molecule has 1 aliphatic carbocycles. The van der Waals surface area contributed by atoms with Crippen molar-refractivity contribution in [1.29, 1.82) is 0 Å². The van der Waals surface area contributed by atoms with E-state index < -0.39 is 0 Å². The Balaban J connectivity index is 1.95. The first-order valence-electron chi connectivity index (χ1n) is 8.12. The SMILES string of the molecule is CC1CCC(C(C)(C)c2ccc3ccccc3c2)C(Cl)C1. The highest BCUT2D eigenvalue weighted by atomic mass is 35.5. The van der Waals surface area contributed by atoms with E-state index in [1.165, 1.54) is 29.2 Å². The number of benzene rings is 2. The largest absolute Gasteiger partial charge is 0.123 e. The normalized spacial score (nSPS) is 27.0. The van der Waals surface area contributed by atoms with E-state index in [9.17, 15) is 0 Å². The van der Waals surface area contributed by atoms with E-state index in [2.05, 4.69) is 63.2 Å². The van der Waals surface area contributed by atoms with Gasteiger partial charge >= 0.3 is 0 Å². The molecule has 112 valence electrons. The molecule has 2 aromatic carbocycles. The zero-order valence-corrected chi connectivity index (χ0v) is 14.0. The average molecular weight is 301 g/mol. The van der Waals surface area contributed by atoms with Crippen molar-refractivity contribution >= 4 is 22.4 Å². The van der Waals surface area contributed by atoms with E-state index in [4.69, 9.17) is 11.6 Å². The van der Waals surface area contributed by atoms with Crippen molar-refractivity contribution < 1.29 is 0 Å². The Morgan fingerprint density at radius 3 is 2.43 bits per heavy atom. The number of alkyl halides is 1. The van der Waals surface area contributed by atoms with E-state index in [1.54, 1.807) is 0 Å². The molecule has 0 aromatic heterocycles. The minimum atomic E-state index is 0.136. The Kier molecular flexibility index (Phi) is 4.01. The van der Waals surface area contributed by atoms with Crippen LogP contribution in [-0.2, 0) is 5.41 Å². The van der Waals surface area contributed by atoms with Crippen molar-refractivity contribution in [3.8, 4) is 0 Å². The molecule has 0 nitrogen and oxygen atoms in total. The van der Waals surface area contributed by atoms with E-state index in [1.807, 2.05) is 0 Å². The third-order valence-electron chi connectivity index (χ3n) is 5.46. The van der Waals surface area contributed by atoms with E-state index >= 15 is 0 Å². The lowest BCUT2D eigenvalue weighted by atomic mass is 9.65. The zero-order chi connectivity index (χ0) is 15.0. The lowest BCUT2D eigenvalue weighted by molar-refractivity contribution is 0.208. The molecular formula is C20H25Cl. The highest BCUT2D eigenvalue weighted by Crippen LogP contribution is 2.44. The Morgan fingerprint density at radius 2 is 1.71 bits per heavy atom. The van der Waals surface area contributed by atoms with Crippen LogP contribution in [0.4, 0.5) is 0 Å². The maximum Gasteiger partial charge on any atom is 0.0375 e. The van der Waals surface area contributed by atoms with Crippen molar-refractivity contribution in [1.82, 2.24) is 0 Å². The van der Waals surface area contributed by atoms with Gasteiger partial charge in [0.1, 0.15) is 0 Å². The molecule has 3 rings (SSSR count). The van der Waals surface area contributed by atoms with Gasteiger partial charge in [-0.2, -0.15) is 0 Å². The van der Waals surface area contributed by atoms with Crippen molar-refractivity contribution in [2.75, 3.05) is 0 Å². The minimum absolute atomic E-state index is 0.136. The second kappa shape index (κ2) is 5.65. The molecule has 0 radical (unpaired) electrons. The average Bonchev–Trinajstić information content (AvgIpc) is 2.46. The summed E-state index contributed by atoms with van der Waals surface area (Å²) in [5.41, 5.74) is 1.56. The predicted molar refractivity (Wildman–Crippen MR) is 93.1 cm³/mol. The third-order valence-corrected chi connectivity index (χ3v) is 5.94. The standard InChI is InChI=1S/C20H25Cl/c1-14-8-11-18(19(21)12-14)20(2,3)17-10-9-15-6-4-5-7-16(15)13-17/h4-7,9-10,13-14,18-19H,8,11-12H2,1-3H3. The van der Waals surface area contributed by atoms with Gasteiger partial charge < -0.3 is 0 Å².